The van der Waals surface area contributed by atoms with E-state index in [9.17, 15) is 9.18 Å². The van der Waals surface area contributed by atoms with Crippen molar-refractivity contribution in [2.45, 2.75) is 0 Å². The molecule has 1 amide bonds. The molecule has 0 aliphatic heterocycles. The number of methoxy groups -OCH3 is 1. The van der Waals surface area contributed by atoms with Gasteiger partial charge in [0.05, 0.1) is 23.4 Å². The summed E-state index contributed by atoms with van der Waals surface area (Å²) in [5.74, 6) is -0.737. The summed E-state index contributed by atoms with van der Waals surface area (Å²) in [6.07, 6.45) is 0. The molecule has 0 aromatic heterocycles. The van der Waals surface area contributed by atoms with Crippen molar-refractivity contribution in [3.05, 3.63) is 52.8 Å². The maximum absolute atomic E-state index is 13.1. The van der Waals surface area contributed by atoms with Crippen molar-refractivity contribution in [3.63, 3.8) is 0 Å². The molecule has 0 heterocycles. The Morgan fingerprint density at radius 3 is 2.75 bits per heavy atom. The predicted molar refractivity (Wildman–Crippen MR) is 76.8 cm³/mol. The Morgan fingerprint density at radius 1 is 1.35 bits per heavy atom. The highest BCUT2D eigenvalue weighted by Gasteiger charge is 2.16. The minimum Gasteiger partial charge on any atom is -0.494 e. The van der Waals surface area contributed by atoms with Crippen molar-refractivity contribution < 1.29 is 13.9 Å². The van der Waals surface area contributed by atoms with E-state index in [0.717, 1.165) is 0 Å². The molecule has 0 radical (unpaired) electrons. The number of hydrogen-bond acceptors (Lipinski definition) is 3. The fraction of sp³-hybridized carbons (Fsp3) is 0.0714. The van der Waals surface area contributed by atoms with Crippen molar-refractivity contribution in [1.82, 2.24) is 0 Å². The van der Waals surface area contributed by atoms with E-state index >= 15 is 0 Å². The lowest BCUT2D eigenvalue weighted by Gasteiger charge is -2.12. The van der Waals surface area contributed by atoms with Gasteiger partial charge < -0.3 is 15.8 Å². The highest BCUT2D eigenvalue weighted by molar-refractivity contribution is 6.35. The van der Waals surface area contributed by atoms with Crippen LogP contribution < -0.4 is 15.8 Å². The van der Waals surface area contributed by atoms with Crippen molar-refractivity contribution in [3.8, 4) is 5.75 Å². The molecule has 0 saturated heterocycles. The summed E-state index contributed by atoms with van der Waals surface area (Å²) in [6, 6.07) is 8.57. The van der Waals surface area contributed by atoms with Gasteiger partial charge in [-0.15, -0.1) is 0 Å². The molecule has 2 rings (SSSR count). The Bertz CT molecular complexity index is 641. The van der Waals surface area contributed by atoms with Crippen LogP contribution in [0.25, 0.3) is 0 Å². The maximum Gasteiger partial charge on any atom is 0.259 e. The lowest BCUT2D eigenvalue weighted by Crippen LogP contribution is -2.15. The summed E-state index contributed by atoms with van der Waals surface area (Å²) in [6.45, 7) is 0. The van der Waals surface area contributed by atoms with Gasteiger partial charge in [0.15, 0.2) is 0 Å². The summed E-state index contributed by atoms with van der Waals surface area (Å²) in [7, 11) is 1.38. The molecule has 0 bridgehead atoms. The first-order valence-corrected chi connectivity index (χ1v) is 6.09. The number of halogens is 2. The minimum atomic E-state index is -0.488. The van der Waals surface area contributed by atoms with E-state index in [1.165, 1.54) is 25.3 Å². The van der Waals surface area contributed by atoms with Gasteiger partial charge in [-0.25, -0.2) is 4.39 Å². The Balaban J connectivity index is 2.33. The Morgan fingerprint density at radius 2 is 2.10 bits per heavy atom. The summed E-state index contributed by atoms with van der Waals surface area (Å²) in [5.41, 5.74) is 6.49. The molecule has 20 heavy (non-hydrogen) atoms. The Hall–Kier alpha value is -2.27. The zero-order chi connectivity index (χ0) is 14.7. The van der Waals surface area contributed by atoms with E-state index in [1.807, 2.05) is 0 Å². The van der Waals surface area contributed by atoms with E-state index in [2.05, 4.69) is 5.32 Å². The Kier molecular flexibility index (Phi) is 4.10. The van der Waals surface area contributed by atoms with Crippen LogP contribution >= 0.6 is 11.6 Å². The van der Waals surface area contributed by atoms with Crippen molar-refractivity contribution >= 4 is 28.9 Å². The molecule has 0 fully saturated rings. The summed E-state index contributed by atoms with van der Waals surface area (Å²) < 4.78 is 18.1. The van der Waals surface area contributed by atoms with Crippen LogP contribution in [0.2, 0.25) is 5.02 Å². The summed E-state index contributed by atoms with van der Waals surface area (Å²) >= 11 is 5.96. The molecule has 3 N–H and O–H groups in total. The van der Waals surface area contributed by atoms with Crippen LogP contribution in [0, 0.1) is 5.82 Å². The topological polar surface area (TPSA) is 64.3 Å². The highest BCUT2D eigenvalue weighted by Crippen LogP contribution is 2.28. The number of carbonyl (C=O) groups excluding carboxylic acids is 1. The average molecular weight is 295 g/mol. The van der Waals surface area contributed by atoms with Gasteiger partial charge in [-0.2, -0.15) is 0 Å². The van der Waals surface area contributed by atoms with Crippen LogP contribution in [0.4, 0.5) is 15.8 Å². The lowest BCUT2D eigenvalue weighted by atomic mass is 10.1. The molecule has 0 atom stereocenters. The second-order valence-corrected chi connectivity index (χ2v) is 4.41. The molecule has 0 saturated carbocycles. The van der Waals surface area contributed by atoms with Crippen LogP contribution in [0.5, 0.6) is 5.75 Å². The number of nitrogens with two attached hydrogens (primary N) is 1. The molecular formula is C14H12ClFN2O2. The fourth-order valence-electron chi connectivity index (χ4n) is 1.73. The van der Waals surface area contributed by atoms with Crippen LogP contribution in [0.15, 0.2) is 36.4 Å². The quantitative estimate of drug-likeness (QED) is 0.854. The molecule has 0 aliphatic rings. The number of nitrogen functional groups attached to an aromatic ring is 1. The monoisotopic (exact) mass is 294 g/mol. The molecule has 0 aliphatic carbocycles. The maximum atomic E-state index is 13.1. The second-order valence-electron chi connectivity index (χ2n) is 4.00. The molecule has 0 spiro atoms. The second kappa shape index (κ2) is 5.79. The zero-order valence-electron chi connectivity index (χ0n) is 10.6. The average Bonchev–Trinajstić information content (AvgIpc) is 2.40. The minimum absolute atomic E-state index is 0.167. The van der Waals surface area contributed by atoms with Gasteiger partial charge in [-0.05, 0) is 24.3 Å². The van der Waals surface area contributed by atoms with E-state index in [4.69, 9.17) is 22.1 Å². The fourth-order valence-corrected chi connectivity index (χ4v) is 2.00. The van der Waals surface area contributed by atoms with Crippen LogP contribution in [-0.2, 0) is 0 Å². The van der Waals surface area contributed by atoms with Gasteiger partial charge in [0.1, 0.15) is 11.6 Å². The van der Waals surface area contributed by atoms with Crippen molar-refractivity contribution in [1.29, 1.82) is 0 Å². The largest absolute Gasteiger partial charge is 0.494 e. The van der Waals surface area contributed by atoms with E-state index < -0.39 is 11.7 Å². The van der Waals surface area contributed by atoms with Gasteiger partial charge in [0.25, 0.3) is 5.91 Å². The highest BCUT2D eigenvalue weighted by atomic mass is 35.5. The Labute approximate surface area is 120 Å². The molecule has 104 valence electrons. The van der Waals surface area contributed by atoms with E-state index in [1.54, 1.807) is 18.2 Å². The molecule has 6 heteroatoms. The number of anilines is 2. The van der Waals surface area contributed by atoms with Crippen molar-refractivity contribution in [2.75, 3.05) is 18.2 Å². The first kappa shape index (κ1) is 14.1. The normalized spacial score (nSPS) is 10.2. The third-order valence-corrected chi connectivity index (χ3v) is 3.00. The number of amides is 1. The van der Waals surface area contributed by atoms with E-state index in [-0.39, 0.29) is 22.0 Å². The van der Waals surface area contributed by atoms with Crippen molar-refractivity contribution in [2.24, 2.45) is 0 Å². The standard InChI is InChI=1S/C14H12ClFN2O2/c1-20-12-7-8(16)5-6-11(12)18-14(19)13-9(15)3-2-4-10(13)17/h2-7H,17H2,1H3,(H,18,19). The third kappa shape index (κ3) is 2.83. The van der Waals surface area contributed by atoms with Gasteiger partial charge in [0, 0.05) is 11.8 Å². The lowest BCUT2D eigenvalue weighted by molar-refractivity contribution is 0.102. The number of ether oxygens (including phenoxy) is 1. The zero-order valence-corrected chi connectivity index (χ0v) is 11.4. The molecule has 2 aromatic carbocycles. The van der Waals surface area contributed by atoms with Gasteiger partial charge in [-0.3, -0.25) is 4.79 Å². The first-order valence-electron chi connectivity index (χ1n) is 5.72. The number of benzene rings is 2. The summed E-state index contributed by atoms with van der Waals surface area (Å²) in [5, 5.41) is 2.83. The first-order chi connectivity index (χ1) is 9.52. The summed E-state index contributed by atoms with van der Waals surface area (Å²) in [4.78, 5) is 12.2. The number of hydrogen-bond donors (Lipinski definition) is 2. The number of nitrogens with one attached hydrogen (secondary N) is 1. The third-order valence-electron chi connectivity index (χ3n) is 2.68. The molecule has 4 nitrogen and oxygen atoms in total. The predicted octanol–water partition coefficient (Wildman–Crippen LogP) is 3.32. The smallest absolute Gasteiger partial charge is 0.259 e. The van der Waals surface area contributed by atoms with Gasteiger partial charge >= 0.3 is 0 Å². The van der Waals surface area contributed by atoms with Crippen LogP contribution in [0.1, 0.15) is 10.4 Å². The van der Waals surface area contributed by atoms with Crippen LogP contribution in [-0.4, -0.2) is 13.0 Å². The van der Waals surface area contributed by atoms with Gasteiger partial charge in [-0.1, -0.05) is 17.7 Å². The molecule has 0 unspecified atom stereocenters. The van der Waals surface area contributed by atoms with Crippen LogP contribution in [0.3, 0.4) is 0 Å². The molecule has 2 aromatic rings. The number of rotatable bonds is 3. The SMILES string of the molecule is COc1cc(F)ccc1NC(=O)c1c(N)cccc1Cl. The van der Waals surface area contributed by atoms with Gasteiger partial charge in [0.2, 0.25) is 0 Å². The van der Waals surface area contributed by atoms with E-state index in [0.29, 0.717) is 5.69 Å². The molecular weight excluding hydrogens is 283 g/mol. The number of carbonyl (C=O) groups is 1.